The minimum atomic E-state index is -0.115. The number of aliphatic hydroxyl groups is 1. The smallest absolute Gasteiger partial charge is 0.0669 e. The molecule has 5 heteroatoms. The first-order valence-corrected chi connectivity index (χ1v) is 4.27. The second kappa shape index (κ2) is 7.91. The molecule has 0 fully saturated rings. The van der Waals surface area contributed by atoms with Crippen LogP contribution in [0.2, 0.25) is 0 Å². The second-order valence-corrected chi connectivity index (χ2v) is 3.20. The van der Waals surface area contributed by atoms with E-state index in [1.165, 1.54) is 0 Å². The van der Waals surface area contributed by atoms with E-state index in [0.717, 1.165) is 6.42 Å². The van der Waals surface area contributed by atoms with E-state index in [4.69, 9.17) is 5.11 Å². The van der Waals surface area contributed by atoms with Crippen LogP contribution in [0.3, 0.4) is 0 Å². The number of rotatable bonds is 6. The molecule has 0 aliphatic rings. The van der Waals surface area contributed by atoms with Crippen LogP contribution in [0.4, 0.5) is 0 Å². The summed E-state index contributed by atoms with van der Waals surface area (Å²) in [4.78, 5) is 0. The average molecular weight is 223 g/mol. The summed E-state index contributed by atoms with van der Waals surface area (Å²) in [7, 11) is 5.66. The van der Waals surface area contributed by atoms with Gasteiger partial charge in [0, 0.05) is 27.8 Å². The van der Waals surface area contributed by atoms with Crippen molar-refractivity contribution >= 4 is 0 Å². The summed E-state index contributed by atoms with van der Waals surface area (Å²) >= 11 is 0. The van der Waals surface area contributed by atoms with Crippen molar-refractivity contribution in [3.63, 3.8) is 0 Å². The summed E-state index contributed by atoms with van der Waals surface area (Å²) in [6.45, 7) is 2.22. The Bertz CT molecular complexity index is 116. The van der Waals surface area contributed by atoms with Gasteiger partial charge in [-0.15, -0.1) is 0 Å². The van der Waals surface area contributed by atoms with Crippen molar-refractivity contribution in [3.8, 4) is 0 Å². The summed E-state index contributed by atoms with van der Waals surface area (Å²) in [5, 5.41) is 18.3. The molecule has 0 heterocycles. The van der Waals surface area contributed by atoms with Gasteiger partial charge in [0.15, 0.2) is 0 Å². The molecule has 0 bridgehead atoms. The van der Waals surface area contributed by atoms with Crippen LogP contribution in [-0.2, 0) is 21.7 Å². The molecular formula is C8H21N3OTi. The van der Waals surface area contributed by atoms with E-state index in [1.54, 1.807) is 0 Å². The number of aliphatic hydroxyl groups excluding tert-OH is 1. The fraction of sp³-hybridized carbons (Fsp3) is 1.00. The van der Waals surface area contributed by atoms with Gasteiger partial charge in [0.25, 0.3) is 0 Å². The SMILES string of the molecule is CNC(CO)CC(C)(NC)NC.[Ti]. The molecule has 4 N–H and O–H groups in total. The van der Waals surface area contributed by atoms with Crippen molar-refractivity contribution in [1.82, 2.24) is 16.0 Å². The fourth-order valence-electron chi connectivity index (χ4n) is 1.08. The third-order valence-corrected chi connectivity index (χ3v) is 2.39. The Morgan fingerprint density at radius 2 is 1.69 bits per heavy atom. The standard InChI is InChI=1S/C8H21N3O.Ti/c1-8(10-3,11-4)5-7(6-12)9-2;/h7,9-12H,5-6H2,1-4H3;. The number of likely N-dealkylation sites (N-methyl/N-ethyl adjacent to an activating group) is 1. The fourth-order valence-corrected chi connectivity index (χ4v) is 1.08. The molecule has 0 aliphatic carbocycles. The van der Waals surface area contributed by atoms with Crippen molar-refractivity contribution < 1.29 is 26.8 Å². The third-order valence-electron chi connectivity index (χ3n) is 2.39. The van der Waals surface area contributed by atoms with Crippen molar-refractivity contribution in [3.05, 3.63) is 0 Å². The number of nitrogens with one attached hydrogen (secondary N) is 3. The molecule has 1 unspecified atom stereocenters. The Morgan fingerprint density at radius 1 is 1.23 bits per heavy atom. The van der Waals surface area contributed by atoms with Gasteiger partial charge in [-0.05, 0) is 34.5 Å². The van der Waals surface area contributed by atoms with Gasteiger partial charge in [-0.25, -0.2) is 0 Å². The summed E-state index contributed by atoms with van der Waals surface area (Å²) < 4.78 is 0. The summed E-state index contributed by atoms with van der Waals surface area (Å²) in [6, 6.07) is 0.134. The van der Waals surface area contributed by atoms with E-state index in [1.807, 2.05) is 21.1 Å². The van der Waals surface area contributed by atoms with Crippen LogP contribution in [0.1, 0.15) is 13.3 Å². The monoisotopic (exact) mass is 223 g/mol. The zero-order chi connectivity index (χ0) is 9.61. The Balaban J connectivity index is 0. The molecule has 0 radical (unpaired) electrons. The minimum Gasteiger partial charge on any atom is -0.395 e. The van der Waals surface area contributed by atoms with E-state index in [9.17, 15) is 0 Å². The van der Waals surface area contributed by atoms with Gasteiger partial charge in [-0.1, -0.05) is 0 Å². The summed E-state index contributed by atoms with van der Waals surface area (Å²) in [6.07, 6.45) is 0.840. The van der Waals surface area contributed by atoms with Crippen molar-refractivity contribution in [2.75, 3.05) is 27.7 Å². The maximum atomic E-state index is 8.96. The number of hydrogen-bond donors (Lipinski definition) is 4. The van der Waals surface area contributed by atoms with Crippen LogP contribution in [0.15, 0.2) is 0 Å². The zero-order valence-electron chi connectivity index (χ0n) is 8.94. The first-order valence-electron chi connectivity index (χ1n) is 4.27. The van der Waals surface area contributed by atoms with E-state index in [0.29, 0.717) is 0 Å². The van der Waals surface area contributed by atoms with E-state index in [-0.39, 0.29) is 40.0 Å². The Hall–Kier alpha value is 0.554. The Labute approximate surface area is 95.7 Å². The topological polar surface area (TPSA) is 56.3 Å². The van der Waals surface area contributed by atoms with Crippen LogP contribution >= 0.6 is 0 Å². The van der Waals surface area contributed by atoms with Gasteiger partial charge in [0.2, 0.25) is 0 Å². The molecule has 0 saturated carbocycles. The molecule has 0 aromatic rings. The van der Waals surface area contributed by atoms with Gasteiger partial charge in [0.1, 0.15) is 0 Å². The molecular weight excluding hydrogens is 202 g/mol. The quantitative estimate of drug-likeness (QED) is 0.348. The van der Waals surface area contributed by atoms with Gasteiger partial charge in [-0.2, -0.15) is 0 Å². The molecule has 13 heavy (non-hydrogen) atoms. The predicted octanol–water partition coefficient (Wildman–Crippen LogP) is -0.891. The van der Waals surface area contributed by atoms with Crippen LogP contribution in [0.5, 0.6) is 0 Å². The molecule has 0 saturated heterocycles. The average Bonchev–Trinajstić information content (AvgIpc) is 2.14. The van der Waals surface area contributed by atoms with E-state index >= 15 is 0 Å². The maximum absolute atomic E-state index is 8.96. The molecule has 0 amide bonds. The van der Waals surface area contributed by atoms with Crippen LogP contribution in [0.25, 0.3) is 0 Å². The normalized spacial score (nSPS) is 13.6. The van der Waals surface area contributed by atoms with Crippen molar-refractivity contribution in [2.24, 2.45) is 0 Å². The van der Waals surface area contributed by atoms with Crippen molar-refractivity contribution in [1.29, 1.82) is 0 Å². The van der Waals surface area contributed by atoms with Gasteiger partial charge < -0.3 is 21.1 Å². The largest absolute Gasteiger partial charge is 0.395 e. The molecule has 0 rings (SSSR count). The molecule has 78 valence electrons. The minimum absolute atomic E-state index is 0. The summed E-state index contributed by atoms with van der Waals surface area (Å²) in [5.41, 5.74) is -0.115. The summed E-state index contributed by atoms with van der Waals surface area (Å²) in [5.74, 6) is 0. The van der Waals surface area contributed by atoms with Crippen LogP contribution in [-0.4, -0.2) is 44.6 Å². The predicted molar refractivity (Wildman–Crippen MR) is 51.1 cm³/mol. The molecule has 0 aromatic carbocycles. The van der Waals surface area contributed by atoms with Crippen LogP contribution < -0.4 is 16.0 Å². The van der Waals surface area contributed by atoms with Gasteiger partial charge in [-0.3, -0.25) is 0 Å². The first-order chi connectivity index (χ1) is 5.61. The third kappa shape index (κ3) is 5.78. The maximum Gasteiger partial charge on any atom is 0.0669 e. The Morgan fingerprint density at radius 3 is 1.92 bits per heavy atom. The first kappa shape index (κ1) is 16.0. The van der Waals surface area contributed by atoms with E-state index in [2.05, 4.69) is 22.9 Å². The zero-order valence-corrected chi connectivity index (χ0v) is 10.5. The van der Waals surface area contributed by atoms with Crippen molar-refractivity contribution in [2.45, 2.75) is 25.0 Å². The Kier molecular flexibility index (Phi) is 9.74. The molecule has 0 aliphatic heterocycles. The second-order valence-electron chi connectivity index (χ2n) is 3.20. The number of hydrogen-bond acceptors (Lipinski definition) is 4. The molecule has 0 spiro atoms. The van der Waals surface area contributed by atoms with Crippen LogP contribution in [0, 0.1) is 0 Å². The van der Waals surface area contributed by atoms with Gasteiger partial charge in [0.05, 0.1) is 12.3 Å². The molecule has 4 nitrogen and oxygen atoms in total. The van der Waals surface area contributed by atoms with E-state index < -0.39 is 0 Å². The molecule has 1 atom stereocenters. The van der Waals surface area contributed by atoms with Gasteiger partial charge >= 0.3 is 0 Å². The molecule has 0 aromatic heterocycles.